The largest absolute Gasteiger partial charge is 0.496 e. The minimum Gasteiger partial charge on any atom is -0.496 e. The Morgan fingerprint density at radius 1 is 1.11 bits per heavy atom. The van der Waals surface area contributed by atoms with Crippen molar-refractivity contribution in [3.05, 3.63) is 65.5 Å². The number of ether oxygens (including phenoxy) is 1. The summed E-state index contributed by atoms with van der Waals surface area (Å²) in [6.45, 7) is 1.71. The molecule has 2 atom stereocenters. The highest BCUT2D eigenvalue weighted by Crippen LogP contribution is 2.28. The SMILES string of the molecule is COc1ccc(-c2nc(C)no2)cc1CC(=O)N[C@H](C(=O)N[C@@H](CC(=O)O)C(=O)CSCc1ccccc1)C1CCSCC1. The Kier molecular flexibility index (Phi) is 12.2. The Morgan fingerprint density at radius 3 is 2.52 bits per heavy atom. The number of aromatic nitrogens is 2. The third-order valence-electron chi connectivity index (χ3n) is 7.18. The minimum atomic E-state index is -1.21. The lowest BCUT2D eigenvalue weighted by Crippen LogP contribution is -2.55. The summed E-state index contributed by atoms with van der Waals surface area (Å²) in [5.41, 5.74) is 2.22. The van der Waals surface area contributed by atoms with Gasteiger partial charge in [-0.05, 0) is 61.0 Å². The lowest BCUT2D eigenvalue weighted by molar-refractivity contribution is -0.140. The van der Waals surface area contributed by atoms with Crippen LogP contribution in [0.4, 0.5) is 0 Å². The Balaban J connectivity index is 1.46. The van der Waals surface area contributed by atoms with Crippen molar-refractivity contribution in [3.63, 3.8) is 0 Å². The molecule has 3 N–H and O–H groups in total. The molecule has 2 heterocycles. The van der Waals surface area contributed by atoms with E-state index in [1.807, 2.05) is 30.3 Å². The van der Waals surface area contributed by atoms with Crippen LogP contribution >= 0.6 is 23.5 Å². The van der Waals surface area contributed by atoms with Crippen LogP contribution in [0, 0.1) is 12.8 Å². The van der Waals surface area contributed by atoms with Crippen molar-refractivity contribution in [1.82, 2.24) is 20.8 Å². The van der Waals surface area contributed by atoms with Crippen LogP contribution in [-0.4, -0.2) is 75.3 Å². The molecule has 1 aromatic heterocycles. The predicted molar refractivity (Wildman–Crippen MR) is 169 cm³/mol. The molecule has 3 aromatic rings. The molecule has 0 aliphatic carbocycles. The first-order valence-corrected chi connectivity index (χ1v) is 16.6. The van der Waals surface area contributed by atoms with Gasteiger partial charge in [0, 0.05) is 16.9 Å². The topological polar surface area (TPSA) is 161 Å². The predicted octanol–water partition coefficient (Wildman–Crippen LogP) is 3.69. The summed E-state index contributed by atoms with van der Waals surface area (Å²) in [5.74, 6) is 0.815. The molecule has 2 aromatic carbocycles. The Hall–Kier alpha value is -3.84. The molecule has 11 nitrogen and oxygen atoms in total. The third kappa shape index (κ3) is 9.58. The van der Waals surface area contributed by atoms with E-state index in [9.17, 15) is 24.3 Å². The van der Waals surface area contributed by atoms with Gasteiger partial charge < -0.3 is 25.0 Å². The number of hydrogen-bond acceptors (Lipinski definition) is 10. The second kappa shape index (κ2) is 16.3. The first-order chi connectivity index (χ1) is 21.2. The average Bonchev–Trinajstić information content (AvgIpc) is 3.46. The van der Waals surface area contributed by atoms with Crippen LogP contribution in [0.3, 0.4) is 0 Å². The van der Waals surface area contributed by atoms with E-state index in [0.29, 0.717) is 47.2 Å². The van der Waals surface area contributed by atoms with Crippen molar-refractivity contribution in [2.45, 2.75) is 50.4 Å². The molecule has 1 aliphatic rings. The summed E-state index contributed by atoms with van der Waals surface area (Å²) in [5, 5.41) is 18.9. The third-order valence-corrected chi connectivity index (χ3v) is 9.26. The number of amides is 2. The molecule has 13 heteroatoms. The molecule has 2 amide bonds. The van der Waals surface area contributed by atoms with Gasteiger partial charge in [-0.3, -0.25) is 19.2 Å². The number of aliphatic carboxylic acids is 1. The number of carbonyl (C=O) groups excluding carboxylic acids is 3. The summed E-state index contributed by atoms with van der Waals surface area (Å²) < 4.78 is 10.7. The second-order valence-corrected chi connectivity index (χ2v) is 12.7. The van der Waals surface area contributed by atoms with E-state index >= 15 is 0 Å². The van der Waals surface area contributed by atoms with Gasteiger partial charge in [0.1, 0.15) is 11.8 Å². The molecule has 44 heavy (non-hydrogen) atoms. The second-order valence-electron chi connectivity index (χ2n) is 10.4. The van der Waals surface area contributed by atoms with E-state index in [-0.39, 0.29) is 23.9 Å². The lowest BCUT2D eigenvalue weighted by atomic mass is 9.92. The van der Waals surface area contributed by atoms with Crippen LogP contribution in [0.5, 0.6) is 5.75 Å². The molecular weight excluding hydrogens is 604 g/mol. The average molecular weight is 641 g/mol. The Morgan fingerprint density at radius 2 is 1.86 bits per heavy atom. The molecule has 234 valence electrons. The molecule has 1 saturated heterocycles. The molecule has 1 fully saturated rings. The van der Waals surface area contributed by atoms with Gasteiger partial charge in [0.25, 0.3) is 5.89 Å². The highest BCUT2D eigenvalue weighted by molar-refractivity contribution is 7.99. The highest BCUT2D eigenvalue weighted by Gasteiger charge is 2.34. The summed E-state index contributed by atoms with van der Waals surface area (Å²) in [6, 6.07) is 12.7. The fourth-order valence-electron chi connectivity index (χ4n) is 4.93. The molecule has 0 bridgehead atoms. The van der Waals surface area contributed by atoms with Crippen molar-refractivity contribution < 1.29 is 33.5 Å². The number of nitrogens with zero attached hydrogens (tertiary/aromatic N) is 2. The standard InChI is InChI=1S/C31H36N4O7S2/c1-19-32-31(42-35-19)22-8-9-26(41-2)23(14-22)15-27(37)34-29(21-10-12-43-13-11-21)30(40)33-24(16-28(38)39)25(36)18-44-17-20-6-4-3-5-7-20/h3-9,14,21,24,29H,10-13,15-18H2,1-2H3,(H,33,40)(H,34,37)(H,38,39)/t24-,29-/m0/s1. The van der Waals surface area contributed by atoms with Crippen molar-refractivity contribution in [1.29, 1.82) is 0 Å². The highest BCUT2D eigenvalue weighted by atomic mass is 32.2. The number of carbonyl (C=O) groups is 4. The number of carboxylic acid groups (broad SMARTS) is 1. The number of nitrogens with one attached hydrogen (secondary N) is 2. The van der Waals surface area contributed by atoms with Crippen molar-refractivity contribution in [3.8, 4) is 17.2 Å². The number of hydrogen-bond donors (Lipinski definition) is 3. The van der Waals surface area contributed by atoms with Crippen LogP contribution in [0.25, 0.3) is 11.5 Å². The van der Waals surface area contributed by atoms with Crippen LogP contribution < -0.4 is 15.4 Å². The van der Waals surface area contributed by atoms with Gasteiger partial charge in [-0.1, -0.05) is 35.5 Å². The summed E-state index contributed by atoms with van der Waals surface area (Å²) in [6.07, 6.45) is 0.755. The van der Waals surface area contributed by atoms with Gasteiger partial charge in [-0.2, -0.15) is 16.7 Å². The van der Waals surface area contributed by atoms with E-state index in [1.165, 1.54) is 18.9 Å². The van der Waals surface area contributed by atoms with Gasteiger partial charge in [-0.25, -0.2) is 0 Å². The molecule has 1 aliphatic heterocycles. The summed E-state index contributed by atoms with van der Waals surface area (Å²) in [7, 11) is 1.50. The van der Waals surface area contributed by atoms with E-state index < -0.39 is 36.3 Å². The maximum atomic E-state index is 13.6. The zero-order chi connectivity index (χ0) is 31.5. The van der Waals surface area contributed by atoms with E-state index in [1.54, 1.807) is 36.9 Å². The minimum absolute atomic E-state index is 0.0416. The number of benzene rings is 2. The number of aryl methyl sites for hydroxylation is 1. The molecule has 0 radical (unpaired) electrons. The van der Waals surface area contributed by atoms with Gasteiger partial charge >= 0.3 is 5.97 Å². The quantitative estimate of drug-likeness (QED) is 0.222. The van der Waals surface area contributed by atoms with E-state index in [4.69, 9.17) is 9.26 Å². The molecule has 0 spiro atoms. The van der Waals surface area contributed by atoms with Crippen LogP contribution in [0.2, 0.25) is 0 Å². The zero-order valence-corrected chi connectivity index (χ0v) is 26.2. The number of carboxylic acids is 1. The van der Waals surface area contributed by atoms with E-state index in [0.717, 1.165) is 17.1 Å². The summed E-state index contributed by atoms with van der Waals surface area (Å²) >= 11 is 3.13. The first kappa shape index (κ1) is 33.1. The smallest absolute Gasteiger partial charge is 0.305 e. The maximum Gasteiger partial charge on any atom is 0.305 e. The van der Waals surface area contributed by atoms with Gasteiger partial charge in [0.05, 0.1) is 31.7 Å². The maximum absolute atomic E-state index is 13.6. The monoisotopic (exact) mass is 640 g/mol. The number of ketones is 1. The number of methoxy groups -OCH3 is 1. The molecule has 0 saturated carbocycles. The first-order valence-electron chi connectivity index (χ1n) is 14.2. The van der Waals surface area contributed by atoms with Crippen LogP contribution in [0.15, 0.2) is 53.1 Å². The number of thioether (sulfide) groups is 2. The zero-order valence-electron chi connectivity index (χ0n) is 24.6. The fourth-order valence-corrected chi connectivity index (χ4v) is 7.01. The van der Waals surface area contributed by atoms with Gasteiger partial charge in [0.2, 0.25) is 11.8 Å². The number of rotatable bonds is 15. The van der Waals surface area contributed by atoms with Gasteiger partial charge in [-0.15, -0.1) is 11.8 Å². The van der Waals surface area contributed by atoms with Crippen molar-refractivity contribution in [2.75, 3.05) is 24.4 Å². The van der Waals surface area contributed by atoms with Crippen LogP contribution in [-0.2, 0) is 31.4 Å². The summed E-state index contributed by atoms with van der Waals surface area (Å²) in [4.78, 5) is 56.0. The Labute approximate surface area is 264 Å². The molecule has 0 unspecified atom stereocenters. The lowest BCUT2D eigenvalue weighted by Gasteiger charge is -2.31. The normalized spacial score (nSPS) is 14.8. The van der Waals surface area contributed by atoms with Gasteiger partial charge in [0.15, 0.2) is 11.6 Å². The molecule has 4 rings (SSSR count). The van der Waals surface area contributed by atoms with Crippen molar-refractivity contribution >= 4 is 47.1 Å². The molecular formula is C31H36N4O7S2. The Bertz CT molecular complexity index is 1440. The van der Waals surface area contributed by atoms with Crippen molar-refractivity contribution in [2.24, 2.45) is 5.92 Å². The van der Waals surface area contributed by atoms with E-state index in [2.05, 4.69) is 20.8 Å². The fraction of sp³-hybridized carbons (Fsp3) is 0.419. The number of Topliss-reactive ketones (excluding diaryl/α,β-unsaturated/α-hetero) is 1. The van der Waals surface area contributed by atoms with Crippen LogP contribution in [0.1, 0.15) is 36.2 Å².